The van der Waals surface area contributed by atoms with Crippen LogP contribution in [0.15, 0.2) is 18.5 Å². The Hall–Kier alpha value is -1.71. The van der Waals surface area contributed by atoms with Crippen molar-refractivity contribution < 1.29 is 23.1 Å². The van der Waals surface area contributed by atoms with Gasteiger partial charge >= 0.3 is 0 Å². The summed E-state index contributed by atoms with van der Waals surface area (Å²) in [6, 6.07) is 1.52. The van der Waals surface area contributed by atoms with Crippen LogP contribution in [0.25, 0.3) is 0 Å². The van der Waals surface area contributed by atoms with Crippen LogP contribution in [0, 0.1) is 5.92 Å². The quantitative estimate of drug-likeness (QED) is 0.771. The van der Waals surface area contributed by atoms with Crippen molar-refractivity contribution in [3.05, 3.63) is 29.0 Å². The molecule has 0 aliphatic carbocycles. The average Bonchev–Trinajstić information content (AvgIpc) is 3.05. The smallest absolute Gasteiger partial charge is 0.300 e. The minimum Gasteiger partial charge on any atom is -0.481 e. The molecular formula is C16H22ClN3O5S. The Bertz CT molecular complexity index is 795. The van der Waals surface area contributed by atoms with E-state index in [1.54, 1.807) is 11.0 Å². The summed E-state index contributed by atoms with van der Waals surface area (Å²) in [5.41, 5.74) is 0.395. The number of carboxylic acids is 1. The van der Waals surface area contributed by atoms with E-state index in [4.69, 9.17) is 21.5 Å². The Balaban J connectivity index is 0.000000552. The number of aliphatic carboxylic acids is 1. The zero-order valence-corrected chi connectivity index (χ0v) is 16.4. The molecule has 10 heteroatoms. The van der Waals surface area contributed by atoms with Gasteiger partial charge in [-0.1, -0.05) is 11.6 Å². The second kappa shape index (κ2) is 7.89. The van der Waals surface area contributed by atoms with E-state index in [9.17, 15) is 13.2 Å². The fraction of sp³-hybridized carbons (Fsp3) is 0.562. The number of carboxylic acid groups (broad SMARTS) is 1. The van der Waals surface area contributed by atoms with Crippen LogP contribution >= 0.6 is 11.6 Å². The SMILES string of the molecule is CC(=O)O.CN(C)[C@@H]1CS(=O)(=O)[C@H]2CN(C(=O)c3cncc(Cl)c3)C[C@@H]12. The van der Waals surface area contributed by atoms with Gasteiger partial charge in [0.1, 0.15) is 0 Å². The van der Waals surface area contributed by atoms with E-state index in [0.717, 1.165) is 6.92 Å². The van der Waals surface area contributed by atoms with Gasteiger partial charge in [0, 0.05) is 44.4 Å². The highest BCUT2D eigenvalue weighted by atomic mass is 35.5. The Morgan fingerprint density at radius 3 is 2.46 bits per heavy atom. The van der Waals surface area contributed by atoms with Crippen molar-refractivity contribution in [2.24, 2.45) is 5.92 Å². The highest BCUT2D eigenvalue weighted by Crippen LogP contribution is 2.36. The maximum atomic E-state index is 12.5. The van der Waals surface area contributed by atoms with Crippen LogP contribution in [0.1, 0.15) is 17.3 Å². The van der Waals surface area contributed by atoms with Crippen LogP contribution in [0.5, 0.6) is 0 Å². The molecule has 2 aliphatic heterocycles. The molecule has 1 aromatic heterocycles. The van der Waals surface area contributed by atoms with Crippen molar-refractivity contribution in [1.82, 2.24) is 14.8 Å². The topological polar surface area (TPSA) is 108 Å². The summed E-state index contributed by atoms with van der Waals surface area (Å²) in [7, 11) is 0.614. The number of aromatic nitrogens is 1. The van der Waals surface area contributed by atoms with Gasteiger partial charge in [-0.3, -0.25) is 14.6 Å². The lowest BCUT2D eigenvalue weighted by atomic mass is 10.00. The largest absolute Gasteiger partial charge is 0.481 e. The Labute approximate surface area is 157 Å². The normalized spacial score (nSPS) is 26.2. The third-order valence-electron chi connectivity index (χ3n) is 4.57. The fourth-order valence-electron chi connectivity index (χ4n) is 3.44. The van der Waals surface area contributed by atoms with Crippen LogP contribution in [0.4, 0.5) is 0 Å². The van der Waals surface area contributed by atoms with Crippen molar-refractivity contribution in [3.63, 3.8) is 0 Å². The molecule has 0 radical (unpaired) electrons. The molecule has 1 amide bonds. The summed E-state index contributed by atoms with van der Waals surface area (Å²) in [6.07, 6.45) is 2.92. The third-order valence-corrected chi connectivity index (χ3v) is 7.00. The monoisotopic (exact) mass is 403 g/mol. The number of rotatable bonds is 2. The van der Waals surface area contributed by atoms with Gasteiger partial charge < -0.3 is 14.9 Å². The number of carbonyl (C=O) groups excluding carboxylic acids is 1. The van der Waals surface area contributed by atoms with Crippen LogP contribution < -0.4 is 0 Å². The first-order valence-electron chi connectivity index (χ1n) is 8.00. The van der Waals surface area contributed by atoms with Gasteiger partial charge in [0.2, 0.25) is 0 Å². The van der Waals surface area contributed by atoms with E-state index in [1.807, 2.05) is 19.0 Å². The maximum Gasteiger partial charge on any atom is 0.300 e. The molecule has 26 heavy (non-hydrogen) atoms. The van der Waals surface area contributed by atoms with Crippen LogP contribution in [-0.2, 0) is 14.6 Å². The van der Waals surface area contributed by atoms with E-state index in [1.165, 1.54) is 12.4 Å². The van der Waals surface area contributed by atoms with Gasteiger partial charge in [0.15, 0.2) is 9.84 Å². The van der Waals surface area contributed by atoms with E-state index < -0.39 is 21.1 Å². The summed E-state index contributed by atoms with van der Waals surface area (Å²) >= 11 is 5.87. The van der Waals surface area contributed by atoms with Gasteiger partial charge in [-0.05, 0) is 20.2 Å². The number of carbonyl (C=O) groups is 2. The highest BCUT2D eigenvalue weighted by Gasteiger charge is 2.53. The van der Waals surface area contributed by atoms with Crippen molar-refractivity contribution in [3.8, 4) is 0 Å². The molecule has 0 unspecified atom stereocenters. The molecule has 144 valence electrons. The summed E-state index contributed by atoms with van der Waals surface area (Å²) < 4.78 is 24.6. The molecule has 8 nitrogen and oxygen atoms in total. The number of fused-ring (bicyclic) bond motifs is 1. The minimum absolute atomic E-state index is 0.0314. The Kier molecular flexibility index (Phi) is 6.25. The number of halogens is 1. The molecule has 1 aromatic rings. The summed E-state index contributed by atoms with van der Waals surface area (Å²) in [5.74, 6) is -0.899. The molecule has 0 spiro atoms. The highest BCUT2D eigenvalue weighted by molar-refractivity contribution is 7.92. The minimum atomic E-state index is -3.15. The second-order valence-electron chi connectivity index (χ2n) is 6.68. The van der Waals surface area contributed by atoms with Gasteiger partial charge in [-0.25, -0.2) is 8.42 Å². The zero-order valence-electron chi connectivity index (χ0n) is 14.8. The predicted octanol–water partition coefficient (Wildman–Crippen LogP) is 0.625. The predicted molar refractivity (Wildman–Crippen MR) is 97.0 cm³/mol. The van der Waals surface area contributed by atoms with E-state index in [2.05, 4.69) is 4.98 Å². The number of sulfone groups is 1. The van der Waals surface area contributed by atoms with Crippen LogP contribution in [0.2, 0.25) is 5.02 Å². The number of hydrogen-bond donors (Lipinski definition) is 1. The maximum absolute atomic E-state index is 12.5. The second-order valence-corrected chi connectivity index (χ2v) is 9.38. The first-order valence-corrected chi connectivity index (χ1v) is 10.1. The third kappa shape index (κ3) is 4.52. The van der Waals surface area contributed by atoms with E-state index >= 15 is 0 Å². The molecule has 3 rings (SSSR count). The number of amides is 1. The van der Waals surface area contributed by atoms with Crippen molar-refractivity contribution in [2.75, 3.05) is 32.9 Å². The zero-order chi connectivity index (χ0) is 19.6. The molecule has 0 bridgehead atoms. The van der Waals surface area contributed by atoms with Crippen molar-refractivity contribution in [2.45, 2.75) is 18.2 Å². The van der Waals surface area contributed by atoms with Gasteiger partial charge in [-0.2, -0.15) is 0 Å². The summed E-state index contributed by atoms with van der Waals surface area (Å²) in [4.78, 5) is 29.0. The van der Waals surface area contributed by atoms with Gasteiger partial charge in [0.05, 0.1) is 21.6 Å². The Morgan fingerprint density at radius 2 is 1.92 bits per heavy atom. The summed E-state index contributed by atoms with van der Waals surface area (Å²) in [6.45, 7) is 1.79. The molecule has 0 saturated carbocycles. The average molecular weight is 404 g/mol. The molecule has 2 fully saturated rings. The van der Waals surface area contributed by atoms with Gasteiger partial charge in [0.25, 0.3) is 11.9 Å². The lowest BCUT2D eigenvalue weighted by Gasteiger charge is -2.25. The van der Waals surface area contributed by atoms with Crippen LogP contribution in [0.3, 0.4) is 0 Å². The van der Waals surface area contributed by atoms with Crippen LogP contribution in [-0.4, -0.2) is 84.4 Å². The van der Waals surface area contributed by atoms with E-state index in [0.29, 0.717) is 17.1 Å². The first kappa shape index (κ1) is 20.6. The fourth-order valence-corrected chi connectivity index (χ4v) is 6.09. The number of nitrogens with zero attached hydrogens (tertiary/aromatic N) is 3. The van der Waals surface area contributed by atoms with Crippen molar-refractivity contribution in [1.29, 1.82) is 0 Å². The first-order chi connectivity index (χ1) is 12.0. The molecule has 3 heterocycles. The lowest BCUT2D eigenvalue weighted by Crippen LogP contribution is -2.38. The number of pyridine rings is 1. The molecule has 1 N–H and O–H groups in total. The Morgan fingerprint density at radius 1 is 1.31 bits per heavy atom. The molecule has 2 saturated heterocycles. The molecular weight excluding hydrogens is 382 g/mol. The number of hydrogen-bond acceptors (Lipinski definition) is 6. The molecule has 3 atom stereocenters. The standard InChI is InChI=1S/C14H18ClN3O3S.C2H4O2/c1-17(2)12-8-22(20,21)13-7-18(6-11(12)13)14(19)9-3-10(15)5-16-4-9;1-2(3)4/h3-5,11-13H,6-8H2,1-2H3;1H3,(H,3,4)/t11-,12+,13-;/m0./s1. The lowest BCUT2D eigenvalue weighted by molar-refractivity contribution is -0.134. The molecule has 2 aliphatic rings. The summed E-state index contributed by atoms with van der Waals surface area (Å²) in [5, 5.41) is 7.35. The number of likely N-dealkylation sites (tertiary alicyclic amines) is 1. The van der Waals surface area contributed by atoms with Crippen molar-refractivity contribution >= 4 is 33.3 Å². The van der Waals surface area contributed by atoms with E-state index in [-0.39, 0.29) is 30.2 Å². The molecule has 0 aromatic carbocycles. The van der Waals surface area contributed by atoms with Gasteiger partial charge in [-0.15, -0.1) is 0 Å².